The molecule has 1 N–H and O–H groups in total. The lowest BCUT2D eigenvalue weighted by Crippen LogP contribution is -2.36. The molecule has 4 aromatic rings. The van der Waals surface area contributed by atoms with Crippen molar-refractivity contribution in [3.05, 3.63) is 82.6 Å². The standard InChI is InChI=1S/C24H24BrN3O2S/c1-24(2,3)31(29)28-21(15-16-9-6-7-14-26-16)17-10-4-5-11-18(17)22-19-12-8-13-20(25)23(19)30-27-22/h4-14,21,28H,15H2,1-3H3/t21-,31?/m0/s1. The smallest absolute Gasteiger partial charge is 0.181 e. The average molecular weight is 498 g/mol. The monoisotopic (exact) mass is 497 g/mol. The maximum atomic E-state index is 13.0. The van der Waals surface area contributed by atoms with Crippen LogP contribution in [0.5, 0.6) is 0 Å². The molecule has 0 aliphatic rings. The number of aromatic nitrogens is 2. The second-order valence-corrected chi connectivity index (χ2v) is 11.2. The molecule has 7 heteroatoms. The van der Waals surface area contributed by atoms with E-state index in [9.17, 15) is 4.21 Å². The normalized spacial score (nSPS) is 13.9. The van der Waals surface area contributed by atoms with Gasteiger partial charge >= 0.3 is 0 Å². The zero-order valence-electron chi connectivity index (χ0n) is 17.6. The molecule has 0 saturated heterocycles. The van der Waals surface area contributed by atoms with Crippen molar-refractivity contribution >= 4 is 37.9 Å². The van der Waals surface area contributed by atoms with Gasteiger partial charge in [-0.15, -0.1) is 0 Å². The fourth-order valence-corrected chi connectivity index (χ4v) is 4.65. The lowest BCUT2D eigenvalue weighted by atomic mass is 9.94. The number of benzene rings is 2. The van der Waals surface area contributed by atoms with E-state index in [0.717, 1.165) is 32.4 Å². The summed E-state index contributed by atoms with van der Waals surface area (Å²) in [4.78, 5) is 4.49. The molecule has 2 aromatic heterocycles. The van der Waals surface area contributed by atoms with E-state index in [-0.39, 0.29) is 6.04 Å². The molecule has 31 heavy (non-hydrogen) atoms. The summed E-state index contributed by atoms with van der Waals surface area (Å²) in [6, 6.07) is 19.6. The first-order valence-corrected chi connectivity index (χ1v) is 12.0. The van der Waals surface area contributed by atoms with Gasteiger partial charge in [-0.2, -0.15) is 0 Å². The van der Waals surface area contributed by atoms with Gasteiger partial charge in [0.1, 0.15) is 5.69 Å². The molecular formula is C24H24BrN3O2S. The maximum absolute atomic E-state index is 13.0. The molecule has 0 aliphatic carbocycles. The Morgan fingerprint density at radius 2 is 1.84 bits per heavy atom. The Kier molecular flexibility index (Phi) is 6.36. The second kappa shape index (κ2) is 9.02. The van der Waals surface area contributed by atoms with Crippen LogP contribution in [-0.2, 0) is 17.4 Å². The first-order valence-electron chi connectivity index (χ1n) is 10.1. The number of nitrogens with one attached hydrogen (secondary N) is 1. The largest absolute Gasteiger partial charge is 0.354 e. The van der Waals surface area contributed by atoms with Gasteiger partial charge in [0.15, 0.2) is 5.58 Å². The van der Waals surface area contributed by atoms with Gasteiger partial charge in [0.05, 0.1) is 31.6 Å². The Bertz CT molecular complexity index is 1220. The number of rotatable bonds is 6. The van der Waals surface area contributed by atoms with Gasteiger partial charge in [-0.05, 0) is 66.5 Å². The Balaban J connectivity index is 1.81. The first-order chi connectivity index (χ1) is 14.8. The highest BCUT2D eigenvalue weighted by molar-refractivity contribution is 9.10. The minimum Gasteiger partial charge on any atom is -0.354 e. The Morgan fingerprint density at radius 1 is 1.06 bits per heavy atom. The third-order valence-corrected chi connectivity index (χ3v) is 7.22. The van der Waals surface area contributed by atoms with Crippen LogP contribution in [0.25, 0.3) is 22.2 Å². The molecule has 5 nitrogen and oxygen atoms in total. The number of fused-ring (bicyclic) bond motifs is 1. The lowest BCUT2D eigenvalue weighted by molar-refractivity contribution is 0.458. The van der Waals surface area contributed by atoms with Crippen molar-refractivity contribution in [3.8, 4) is 11.3 Å². The van der Waals surface area contributed by atoms with Crippen LogP contribution in [0.2, 0.25) is 0 Å². The quantitative estimate of drug-likeness (QED) is 0.355. The summed E-state index contributed by atoms with van der Waals surface area (Å²) < 4.78 is 22.5. The summed E-state index contributed by atoms with van der Waals surface area (Å²) in [5.74, 6) is 0. The highest BCUT2D eigenvalue weighted by Crippen LogP contribution is 2.36. The summed E-state index contributed by atoms with van der Waals surface area (Å²) in [7, 11) is -1.26. The lowest BCUT2D eigenvalue weighted by Gasteiger charge is -2.25. The molecule has 0 saturated carbocycles. The number of hydrogen-bond donors (Lipinski definition) is 1. The van der Waals surface area contributed by atoms with Crippen molar-refractivity contribution in [2.45, 2.75) is 38.0 Å². The molecule has 2 atom stereocenters. The molecule has 2 heterocycles. The summed E-state index contributed by atoms with van der Waals surface area (Å²) in [6.45, 7) is 5.88. The number of halogens is 1. The van der Waals surface area contributed by atoms with E-state index in [2.05, 4.69) is 30.8 Å². The van der Waals surface area contributed by atoms with E-state index in [1.807, 2.05) is 81.4 Å². The summed E-state index contributed by atoms with van der Waals surface area (Å²) in [5, 5.41) is 5.31. The van der Waals surface area contributed by atoms with E-state index in [1.54, 1.807) is 6.20 Å². The van der Waals surface area contributed by atoms with Crippen LogP contribution in [0.1, 0.15) is 38.1 Å². The zero-order chi connectivity index (χ0) is 22.0. The molecule has 0 fully saturated rings. The third kappa shape index (κ3) is 4.79. The molecule has 160 valence electrons. The summed E-state index contributed by atoms with van der Waals surface area (Å²) >= 11 is 3.53. The van der Waals surface area contributed by atoms with Crippen molar-refractivity contribution in [1.82, 2.24) is 14.9 Å². The third-order valence-electron chi connectivity index (χ3n) is 4.99. The van der Waals surface area contributed by atoms with Gasteiger partial charge in [0.2, 0.25) is 0 Å². The average Bonchev–Trinajstić information content (AvgIpc) is 3.19. The van der Waals surface area contributed by atoms with Crippen molar-refractivity contribution in [2.75, 3.05) is 0 Å². The Labute approximate surface area is 193 Å². The van der Waals surface area contributed by atoms with Gasteiger partial charge in [0.25, 0.3) is 0 Å². The predicted molar refractivity (Wildman–Crippen MR) is 129 cm³/mol. The highest BCUT2D eigenvalue weighted by Gasteiger charge is 2.27. The van der Waals surface area contributed by atoms with E-state index in [4.69, 9.17) is 4.52 Å². The van der Waals surface area contributed by atoms with E-state index in [1.165, 1.54) is 0 Å². The van der Waals surface area contributed by atoms with Gasteiger partial charge in [-0.3, -0.25) is 4.98 Å². The molecular weight excluding hydrogens is 474 g/mol. The summed E-state index contributed by atoms with van der Waals surface area (Å²) in [6.07, 6.45) is 2.38. The van der Waals surface area contributed by atoms with Crippen LogP contribution >= 0.6 is 15.9 Å². The maximum Gasteiger partial charge on any atom is 0.181 e. The fourth-order valence-electron chi connectivity index (χ4n) is 3.39. The number of hydrogen-bond acceptors (Lipinski definition) is 4. The zero-order valence-corrected chi connectivity index (χ0v) is 20.0. The molecule has 0 aliphatic heterocycles. The van der Waals surface area contributed by atoms with Gasteiger partial charge in [-0.1, -0.05) is 41.6 Å². The Morgan fingerprint density at radius 3 is 2.58 bits per heavy atom. The van der Waals surface area contributed by atoms with Crippen LogP contribution in [0.3, 0.4) is 0 Å². The first kappa shape index (κ1) is 21.9. The molecule has 0 radical (unpaired) electrons. The van der Waals surface area contributed by atoms with Crippen LogP contribution < -0.4 is 4.72 Å². The van der Waals surface area contributed by atoms with Crippen LogP contribution in [0.15, 0.2) is 75.9 Å². The topological polar surface area (TPSA) is 68.0 Å². The van der Waals surface area contributed by atoms with Gasteiger partial charge in [-0.25, -0.2) is 8.93 Å². The minimum atomic E-state index is -1.26. The van der Waals surface area contributed by atoms with Crippen molar-refractivity contribution < 1.29 is 8.73 Å². The predicted octanol–water partition coefficient (Wildman–Crippen LogP) is 5.99. The SMILES string of the molecule is CC(C)(C)S(=O)N[C@@H](Cc1ccccn1)c1ccccc1-c1noc2c(Br)cccc12. The second-order valence-electron chi connectivity index (χ2n) is 8.31. The van der Waals surface area contributed by atoms with Gasteiger partial charge in [0, 0.05) is 23.9 Å². The molecule has 0 bridgehead atoms. The Hall–Kier alpha value is -2.35. The van der Waals surface area contributed by atoms with E-state index in [0.29, 0.717) is 12.0 Å². The van der Waals surface area contributed by atoms with Crippen molar-refractivity contribution in [3.63, 3.8) is 0 Å². The van der Waals surface area contributed by atoms with Crippen molar-refractivity contribution in [1.29, 1.82) is 0 Å². The number of pyridine rings is 1. The molecule has 1 unspecified atom stereocenters. The number of nitrogens with zero attached hydrogens (tertiary/aromatic N) is 2. The molecule has 0 spiro atoms. The van der Waals surface area contributed by atoms with E-state index >= 15 is 0 Å². The number of para-hydroxylation sites is 1. The van der Waals surface area contributed by atoms with Crippen molar-refractivity contribution in [2.24, 2.45) is 0 Å². The minimum absolute atomic E-state index is 0.218. The molecule has 4 rings (SSSR count). The molecule has 2 aromatic carbocycles. The van der Waals surface area contributed by atoms with Crippen LogP contribution in [0, 0.1) is 0 Å². The highest BCUT2D eigenvalue weighted by atomic mass is 79.9. The summed E-state index contributed by atoms with van der Waals surface area (Å²) in [5.41, 5.74) is 4.34. The molecule has 0 amide bonds. The van der Waals surface area contributed by atoms with E-state index < -0.39 is 15.7 Å². The van der Waals surface area contributed by atoms with Crippen LogP contribution in [-0.4, -0.2) is 19.1 Å². The van der Waals surface area contributed by atoms with Crippen LogP contribution in [0.4, 0.5) is 0 Å². The van der Waals surface area contributed by atoms with Gasteiger partial charge < -0.3 is 4.52 Å². The fraction of sp³-hybridized carbons (Fsp3) is 0.250.